The Kier molecular flexibility index (Phi) is 4.72. The summed E-state index contributed by atoms with van der Waals surface area (Å²) in [4.78, 5) is 20.5. The minimum Gasteiger partial charge on any atom is -0.495 e. The Morgan fingerprint density at radius 2 is 1.96 bits per heavy atom. The molecule has 3 aromatic rings. The SMILES string of the molecule is COc1cncc(NC(=O)c2cc(-c3cccc(Cl)c3)ccn2)c1. The summed E-state index contributed by atoms with van der Waals surface area (Å²) in [6, 6.07) is 12.7. The van der Waals surface area contributed by atoms with Crippen molar-refractivity contribution in [2.45, 2.75) is 0 Å². The Morgan fingerprint density at radius 3 is 2.75 bits per heavy atom. The van der Waals surface area contributed by atoms with E-state index in [1.165, 1.54) is 0 Å². The summed E-state index contributed by atoms with van der Waals surface area (Å²) in [5.74, 6) is 0.238. The minimum atomic E-state index is -0.325. The number of amides is 1. The summed E-state index contributed by atoms with van der Waals surface area (Å²) in [6.45, 7) is 0. The van der Waals surface area contributed by atoms with Crippen LogP contribution in [0, 0.1) is 0 Å². The van der Waals surface area contributed by atoms with Crippen LogP contribution in [0.25, 0.3) is 11.1 Å². The average molecular weight is 340 g/mol. The summed E-state index contributed by atoms with van der Waals surface area (Å²) in [6.07, 6.45) is 4.70. The van der Waals surface area contributed by atoms with Crippen molar-refractivity contribution in [3.8, 4) is 16.9 Å². The molecule has 0 saturated heterocycles. The number of carbonyl (C=O) groups is 1. The van der Waals surface area contributed by atoms with Gasteiger partial charge >= 0.3 is 0 Å². The molecule has 0 aliphatic rings. The summed E-state index contributed by atoms with van der Waals surface area (Å²) in [5.41, 5.74) is 2.62. The van der Waals surface area contributed by atoms with Crippen molar-refractivity contribution >= 4 is 23.2 Å². The first kappa shape index (κ1) is 16.0. The molecular weight excluding hydrogens is 326 g/mol. The number of nitrogens with zero attached hydrogens (tertiary/aromatic N) is 2. The molecule has 0 aliphatic heterocycles. The van der Waals surface area contributed by atoms with Crippen LogP contribution in [0.4, 0.5) is 5.69 Å². The van der Waals surface area contributed by atoms with E-state index in [-0.39, 0.29) is 5.91 Å². The highest BCUT2D eigenvalue weighted by Gasteiger charge is 2.10. The van der Waals surface area contributed by atoms with Crippen molar-refractivity contribution in [1.29, 1.82) is 0 Å². The van der Waals surface area contributed by atoms with Gasteiger partial charge in [0.1, 0.15) is 11.4 Å². The molecule has 6 heteroatoms. The van der Waals surface area contributed by atoms with Gasteiger partial charge < -0.3 is 10.1 Å². The Morgan fingerprint density at radius 1 is 1.12 bits per heavy atom. The Balaban J connectivity index is 1.84. The molecule has 1 aromatic carbocycles. The average Bonchev–Trinajstić information content (AvgIpc) is 2.62. The molecule has 3 rings (SSSR count). The number of methoxy groups -OCH3 is 1. The van der Waals surface area contributed by atoms with E-state index < -0.39 is 0 Å². The fourth-order valence-corrected chi connectivity index (χ4v) is 2.39. The second kappa shape index (κ2) is 7.10. The van der Waals surface area contributed by atoms with Crippen molar-refractivity contribution in [2.75, 3.05) is 12.4 Å². The molecule has 0 bridgehead atoms. The molecule has 2 aromatic heterocycles. The second-order valence-corrected chi connectivity index (χ2v) is 5.44. The highest BCUT2D eigenvalue weighted by atomic mass is 35.5. The molecule has 0 saturated carbocycles. The third-order valence-corrected chi connectivity index (χ3v) is 3.59. The number of nitrogens with one attached hydrogen (secondary N) is 1. The monoisotopic (exact) mass is 339 g/mol. The predicted octanol–water partition coefficient (Wildman–Crippen LogP) is 4.06. The molecule has 0 atom stereocenters. The van der Waals surface area contributed by atoms with Crippen LogP contribution in [0.2, 0.25) is 5.02 Å². The predicted molar refractivity (Wildman–Crippen MR) is 93.4 cm³/mol. The van der Waals surface area contributed by atoms with Crippen molar-refractivity contribution in [3.05, 3.63) is 71.8 Å². The highest BCUT2D eigenvalue weighted by molar-refractivity contribution is 6.30. The van der Waals surface area contributed by atoms with Crippen LogP contribution < -0.4 is 10.1 Å². The third kappa shape index (κ3) is 3.70. The van der Waals surface area contributed by atoms with Crippen molar-refractivity contribution in [2.24, 2.45) is 0 Å². The normalized spacial score (nSPS) is 10.2. The number of rotatable bonds is 4. The number of ether oxygens (including phenoxy) is 1. The first-order valence-corrected chi connectivity index (χ1v) is 7.56. The molecule has 5 nitrogen and oxygen atoms in total. The highest BCUT2D eigenvalue weighted by Crippen LogP contribution is 2.23. The summed E-state index contributed by atoms with van der Waals surface area (Å²) in [5, 5.41) is 3.39. The summed E-state index contributed by atoms with van der Waals surface area (Å²) in [7, 11) is 1.54. The molecule has 120 valence electrons. The first-order valence-electron chi connectivity index (χ1n) is 7.18. The van der Waals surface area contributed by atoms with E-state index >= 15 is 0 Å². The van der Waals surface area contributed by atoms with Gasteiger partial charge in [0, 0.05) is 17.3 Å². The lowest BCUT2D eigenvalue weighted by Gasteiger charge is -2.07. The lowest BCUT2D eigenvalue weighted by molar-refractivity contribution is 0.102. The number of halogens is 1. The van der Waals surface area contributed by atoms with Gasteiger partial charge in [0.15, 0.2) is 0 Å². The van der Waals surface area contributed by atoms with Crippen molar-refractivity contribution in [3.63, 3.8) is 0 Å². The van der Waals surface area contributed by atoms with Gasteiger partial charge in [0.2, 0.25) is 0 Å². The van der Waals surface area contributed by atoms with Gasteiger partial charge in [0.25, 0.3) is 5.91 Å². The van der Waals surface area contributed by atoms with Gasteiger partial charge in [-0.05, 0) is 35.4 Å². The van der Waals surface area contributed by atoms with Crippen LogP contribution in [0.3, 0.4) is 0 Å². The van der Waals surface area contributed by atoms with E-state index in [0.717, 1.165) is 11.1 Å². The van der Waals surface area contributed by atoms with Gasteiger partial charge in [0.05, 0.1) is 25.2 Å². The minimum absolute atomic E-state index is 0.301. The topological polar surface area (TPSA) is 64.1 Å². The first-order chi connectivity index (χ1) is 11.7. The number of hydrogen-bond donors (Lipinski definition) is 1. The molecule has 24 heavy (non-hydrogen) atoms. The van der Waals surface area contributed by atoms with E-state index in [9.17, 15) is 4.79 Å². The molecule has 1 N–H and O–H groups in total. The zero-order chi connectivity index (χ0) is 16.9. The molecule has 0 spiro atoms. The Bertz CT molecular complexity index is 883. The molecular formula is C18H14ClN3O2. The number of pyridine rings is 2. The Hall–Kier alpha value is -2.92. The zero-order valence-corrected chi connectivity index (χ0v) is 13.6. The third-order valence-electron chi connectivity index (χ3n) is 3.36. The van der Waals surface area contributed by atoms with Crippen molar-refractivity contribution in [1.82, 2.24) is 9.97 Å². The lowest BCUT2D eigenvalue weighted by Crippen LogP contribution is -2.13. The largest absolute Gasteiger partial charge is 0.495 e. The van der Waals surface area contributed by atoms with Gasteiger partial charge in [-0.3, -0.25) is 14.8 Å². The number of carbonyl (C=O) groups excluding carboxylic acids is 1. The maximum atomic E-state index is 12.4. The Labute approximate surface area is 144 Å². The van der Waals surface area contributed by atoms with Gasteiger partial charge in [-0.15, -0.1) is 0 Å². The fourth-order valence-electron chi connectivity index (χ4n) is 2.20. The number of aromatic nitrogens is 2. The molecule has 0 aliphatic carbocycles. The van der Waals surface area contributed by atoms with Gasteiger partial charge in [-0.2, -0.15) is 0 Å². The molecule has 0 radical (unpaired) electrons. The molecule has 0 unspecified atom stereocenters. The maximum absolute atomic E-state index is 12.4. The van der Waals surface area contributed by atoms with Crippen LogP contribution >= 0.6 is 11.6 Å². The van der Waals surface area contributed by atoms with Crippen LogP contribution in [0.5, 0.6) is 5.75 Å². The van der Waals surface area contributed by atoms with Crippen LogP contribution in [0.15, 0.2) is 61.1 Å². The fraction of sp³-hybridized carbons (Fsp3) is 0.0556. The molecule has 1 amide bonds. The van der Waals surface area contributed by atoms with E-state index in [2.05, 4.69) is 15.3 Å². The van der Waals surface area contributed by atoms with E-state index in [1.807, 2.05) is 24.3 Å². The molecule has 0 fully saturated rings. The summed E-state index contributed by atoms with van der Waals surface area (Å²) < 4.78 is 5.09. The molecule has 2 heterocycles. The van der Waals surface area contributed by atoms with Crippen LogP contribution in [-0.2, 0) is 0 Å². The van der Waals surface area contributed by atoms with E-state index in [0.29, 0.717) is 22.2 Å². The quantitative estimate of drug-likeness (QED) is 0.778. The maximum Gasteiger partial charge on any atom is 0.274 e. The number of anilines is 1. The lowest BCUT2D eigenvalue weighted by atomic mass is 10.1. The smallest absolute Gasteiger partial charge is 0.274 e. The van der Waals surface area contributed by atoms with Crippen LogP contribution in [-0.4, -0.2) is 23.0 Å². The van der Waals surface area contributed by atoms with Gasteiger partial charge in [-0.25, -0.2) is 0 Å². The number of benzene rings is 1. The van der Waals surface area contributed by atoms with Crippen LogP contribution in [0.1, 0.15) is 10.5 Å². The second-order valence-electron chi connectivity index (χ2n) is 5.01. The number of hydrogen-bond acceptors (Lipinski definition) is 4. The van der Waals surface area contributed by atoms with Gasteiger partial charge in [-0.1, -0.05) is 23.7 Å². The van der Waals surface area contributed by atoms with E-state index in [1.54, 1.807) is 43.9 Å². The summed E-state index contributed by atoms with van der Waals surface area (Å²) >= 11 is 6.02. The standard InChI is InChI=1S/C18H14ClN3O2/c1-24-16-9-15(10-20-11-16)22-18(23)17-8-13(5-6-21-17)12-3-2-4-14(19)7-12/h2-11H,1H3,(H,22,23). The van der Waals surface area contributed by atoms with E-state index in [4.69, 9.17) is 16.3 Å². The van der Waals surface area contributed by atoms with Crippen molar-refractivity contribution < 1.29 is 9.53 Å². The zero-order valence-electron chi connectivity index (χ0n) is 12.9.